The lowest BCUT2D eigenvalue weighted by atomic mass is 10.1. The highest BCUT2D eigenvalue weighted by Gasteiger charge is 2.33. The van der Waals surface area contributed by atoms with Crippen molar-refractivity contribution < 1.29 is 23.5 Å². The molecule has 7 rings (SSSR count). The molecule has 2 aromatic carbocycles. The fraction of sp³-hybridized carbons (Fsp3) is 0.353. The molecule has 0 unspecified atom stereocenters. The highest BCUT2D eigenvalue weighted by Crippen LogP contribution is 2.38. The van der Waals surface area contributed by atoms with Crippen LogP contribution >= 0.6 is 0 Å². The summed E-state index contributed by atoms with van der Waals surface area (Å²) in [5.74, 6) is 1.27. The number of rotatable bonds is 8. The van der Waals surface area contributed by atoms with Crippen LogP contribution in [0, 0.1) is 5.82 Å². The second-order valence-electron chi connectivity index (χ2n) is 11.6. The summed E-state index contributed by atoms with van der Waals surface area (Å²) in [4.78, 5) is 42.1. The Morgan fingerprint density at radius 1 is 1.02 bits per heavy atom. The Morgan fingerprint density at radius 2 is 1.84 bits per heavy atom. The number of carbonyl (C=O) groups is 2. The Morgan fingerprint density at radius 3 is 2.64 bits per heavy atom. The second kappa shape index (κ2) is 12.3. The van der Waals surface area contributed by atoms with Gasteiger partial charge in [-0.3, -0.25) is 23.9 Å². The summed E-state index contributed by atoms with van der Waals surface area (Å²) < 4.78 is 27.1. The molecule has 45 heavy (non-hydrogen) atoms. The van der Waals surface area contributed by atoms with Crippen LogP contribution in [0.4, 0.5) is 10.1 Å². The number of methoxy groups -OCH3 is 1. The van der Waals surface area contributed by atoms with Crippen LogP contribution in [0.5, 0.6) is 11.5 Å². The van der Waals surface area contributed by atoms with Crippen molar-refractivity contribution in [2.24, 2.45) is 4.99 Å². The number of aliphatic imine (C=N–C) groups is 1. The average molecular weight is 611 g/mol. The minimum atomic E-state index is -0.318. The molecule has 10 nitrogen and oxygen atoms in total. The van der Waals surface area contributed by atoms with Gasteiger partial charge >= 0.3 is 0 Å². The lowest BCUT2D eigenvalue weighted by Crippen LogP contribution is -2.49. The molecule has 2 amide bonds. The van der Waals surface area contributed by atoms with Gasteiger partial charge in [-0.2, -0.15) is 0 Å². The standard InChI is InChI=1S/C34H35FN6O4/c1-44-29-20-26-27(36-22-25-6-4-14-40(25)33(26)42)21-30(29)45-19-5-12-38-15-17-39(18-16-38)34(43)31-28-7-2-3-13-41(28)32(37-31)23-8-10-24(35)11-9-23/h2-3,7-11,13,20-22,25H,4-6,12,14-19H2,1H3/t25-/m0/s1. The molecule has 3 aliphatic rings. The van der Waals surface area contributed by atoms with E-state index in [1.165, 1.54) is 12.1 Å². The summed E-state index contributed by atoms with van der Waals surface area (Å²) in [6.07, 6.45) is 6.46. The van der Waals surface area contributed by atoms with Crippen LogP contribution in [0.1, 0.15) is 40.1 Å². The SMILES string of the molecule is COc1cc2c(cc1OCCCN1CCN(C(=O)c3nc(-c4ccc(F)cc4)n4ccccc34)CC1)N=C[C@@H]1CCCN1C2=O. The number of ether oxygens (including phenoxy) is 2. The number of halogens is 1. The fourth-order valence-corrected chi connectivity index (χ4v) is 6.41. The van der Waals surface area contributed by atoms with Crippen LogP contribution in [0.3, 0.4) is 0 Å². The van der Waals surface area contributed by atoms with E-state index >= 15 is 0 Å². The van der Waals surface area contributed by atoms with Crippen molar-refractivity contribution in [3.63, 3.8) is 0 Å². The zero-order chi connectivity index (χ0) is 30.9. The molecular formula is C34H35FN6O4. The molecular weight excluding hydrogens is 575 g/mol. The zero-order valence-electron chi connectivity index (χ0n) is 25.2. The Hall–Kier alpha value is -4.77. The third-order valence-corrected chi connectivity index (χ3v) is 8.85. The molecule has 0 aliphatic carbocycles. The summed E-state index contributed by atoms with van der Waals surface area (Å²) in [5.41, 5.74) is 3.03. The lowest BCUT2D eigenvalue weighted by molar-refractivity contribution is 0.0627. The molecule has 4 aromatic rings. The fourth-order valence-electron chi connectivity index (χ4n) is 6.41. The summed E-state index contributed by atoms with van der Waals surface area (Å²) >= 11 is 0. The molecule has 0 spiro atoms. The molecule has 2 fully saturated rings. The molecule has 0 N–H and O–H groups in total. The van der Waals surface area contributed by atoms with Crippen molar-refractivity contribution in [2.75, 3.05) is 53.0 Å². The van der Waals surface area contributed by atoms with Crippen LogP contribution in [-0.2, 0) is 0 Å². The van der Waals surface area contributed by atoms with E-state index in [4.69, 9.17) is 14.5 Å². The summed E-state index contributed by atoms with van der Waals surface area (Å²) in [7, 11) is 1.58. The maximum Gasteiger partial charge on any atom is 0.274 e. The molecule has 11 heteroatoms. The number of amides is 2. The van der Waals surface area contributed by atoms with Gasteiger partial charge in [-0.1, -0.05) is 6.07 Å². The van der Waals surface area contributed by atoms with Crippen molar-refractivity contribution in [1.82, 2.24) is 24.1 Å². The van der Waals surface area contributed by atoms with E-state index in [-0.39, 0.29) is 23.7 Å². The third kappa shape index (κ3) is 5.64. The van der Waals surface area contributed by atoms with Gasteiger partial charge in [0.1, 0.15) is 11.6 Å². The van der Waals surface area contributed by atoms with E-state index in [1.54, 1.807) is 31.4 Å². The van der Waals surface area contributed by atoms with Gasteiger partial charge in [0, 0.05) is 63.3 Å². The number of aromatic nitrogens is 2. The van der Waals surface area contributed by atoms with E-state index in [0.717, 1.165) is 56.5 Å². The van der Waals surface area contributed by atoms with E-state index < -0.39 is 0 Å². The molecule has 3 aliphatic heterocycles. The first-order valence-corrected chi connectivity index (χ1v) is 15.4. The van der Waals surface area contributed by atoms with Crippen LogP contribution in [0.2, 0.25) is 0 Å². The molecule has 0 radical (unpaired) electrons. The maximum absolute atomic E-state index is 13.6. The smallest absolute Gasteiger partial charge is 0.274 e. The van der Waals surface area contributed by atoms with Gasteiger partial charge in [-0.15, -0.1) is 0 Å². The topological polar surface area (TPSA) is 92.0 Å². The number of fused-ring (bicyclic) bond motifs is 3. The molecule has 232 valence electrons. The summed E-state index contributed by atoms with van der Waals surface area (Å²) in [6.45, 7) is 4.74. The normalized spacial score (nSPS) is 18.2. The van der Waals surface area contributed by atoms with Crippen LogP contribution < -0.4 is 9.47 Å². The molecule has 0 bridgehead atoms. The van der Waals surface area contributed by atoms with Gasteiger partial charge < -0.3 is 19.3 Å². The van der Waals surface area contributed by atoms with Crippen molar-refractivity contribution in [3.05, 3.63) is 77.9 Å². The number of pyridine rings is 1. The van der Waals surface area contributed by atoms with Gasteiger partial charge in [0.15, 0.2) is 17.2 Å². The summed E-state index contributed by atoms with van der Waals surface area (Å²) in [6, 6.07) is 15.4. The highest BCUT2D eigenvalue weighted by atomic mass is 19.1. The number of imidazole rings is 1. The van der Waals surface area contributed by atoms with Gasteiger partial charge in [-0.05, 0) is 61.7 Å². The maximum atomic E-state index is 13.6. The first-order valence-electron chi connectivity index (χ1n) is 15.4. The van der Waals surface area contributed by atoms with E-state index in [1.807, 2.05) is 44.8 Å². The van der Waals surface area contributed by atoms with Crippen molar-refractivity contribution >= 4 is 29.2 Å². The first-order chi connectivity index (χ1) is 22.0. The van der Waals surface area contributed by atoms with Crippen molar-refractivity contribution in [1.29, 1.82) is 0 Å². The van der Waals surface area contributed by atoms with Gasteiger partial charge in [0.25, 0.3) is 11.8 Å². The predicted molar refractivity (Wildman–Crippen MR) is 168 cm³/mol. The Balaban J connectivity index is 0.946. The van der Waals surface area contributed by atoms with Gasteiger partial charge in [0.2, 0.25) is 0 Å². The minimum absolute atomic E-state index is 0.0121. The monoisotopic (exact) mass is 610 g/mol. The van der Waals surface area contributed by atoms with E-state index in [0.29, 0.717) is 54.0 Å². The summed E-state index contributed by atoms with van der Waals surface area (Å²) in [5, 5.41) is 0. The largest absolute Gasteiger partial charge is 0.493 e. The first kappa shape index (κ1) is 29.0. The zero-order valence-corrected chi connectivity index (χ0v) is 25.2. The lowest BCUT2D eigenvalue weighted by Gasteiger charge is -2.34. The number of hydrogen-bond donors (Lipinski definition) is 0. The van der Waals surface area contributed by atoms with Crippen molar-refractivity contribution in [3.8, 4) is 22.9 Å². The Labute approximate surface area is 260 Å². The number of carbonyl (C=O) groups excluding carboxylic acids is 2. The highest BCUT2D eigenvalue weighted by molar-refractivity contribution is 6.03. The Kier molecular flexibility index (Phi) is 7.93. The second-order valence-corrected chi connectivity index (χ2v) is 11.6. The van der Waals surface area contributed by atoms with Gasteiger partial charge in [-0.25, -0.2) is 9.37 Å². The predicted octanol–water partition coefficient (Wildman–Crippen LogP) is 4.70. The van der Waals surface area contributed by atoms with Crippen LogP contribution in [0.15, 0.2) is 65.8 Å². The number of piperazine rings is 1. The third-order valence-electron chi connectivity index (χ3n) is 8.85. The molecule has 2 aromatic heterocycles. The van der Waals surface area contributed by atoms with Crippen LogP contribution in [0.25, 0.3) is 16.9 Å². The van der Waals surface area contributed by atoms with E-state index in [2.05, 4.69) is 9.89 Å². The minimum Gasteiger partial charge on any atom is -0.493 e. The Bertz CT molecular complexity index is 1760. The quantitative estimate of drug-likeness (QED) is 0.269. The number of nitrogens with zero attached hydrogens (tertiary/aromatic N) is 6. The molecule has 5 heterocycles. The van der Waals surface area contributed by atoms with Crippen LogP contribution in [-0.4, -0.2) is 101 Å². The molecule has 2 saturated heterocycles. The van der Waals surface area contributed by atoms with Crippen molar-refractivity contribution in [2.45, 2.75) is 25.3 Å². The number of hydrogen-bond acceptors (Lipinski definition) is 7. The molecule has 0 saturated carbocycles. The average Bonchev–Trinajstić information content (AvgIpc) is 3.68. The number of benzene rings is 2. The molecule has 1 atom stereocenters. The van der Waals surface area contributed by atoms with E-state index in [9.17, 15) is 14.0 Å². The van der Waals surface area contributed by atoms with Gasteiger partial charge in [0.05, 0.1) is 36.5 Å².